The molecule has 0 radical (unpaired) electrons. The van der Waals surface area contributed by atoms with E-state index in [4.69, 9.17) is 12.2 Å². The Morgan fingerprint density at radius 1 is 1.15 bits per heavy atom. The van der Waals surface area contributed by atoms with Crippen molar-refractivity contribution in [3.63, 3.8) is 0 Å². The quantitative estimate of drug-likeness (QED) is 0.513. The molecule has 7 heteroatoms. The molecule has 4 nitrogen and oxygen atoms in total. The van der Waals surface area contributed by atoms with Gasteiger partial charge in [-0.25, -0.2) is 0 Å². The van der Waals surface area contributed by atoms with Crippen molar-refractivity contribution in [2.45, 2.75) is 13.0 Å². The first kappa shape index (κ1) is 19.8. The van der Waals surface area contributed by atoms with Crippen molar-refractivity contribution < 1.29 is 9.59 Å². The van der Waals surface area contributed by atoms with Crippen LogP contribution in [0.1, 0.15) is 17.5 Å². The van der Waals surface area contributed by atoms with Crippen LogP contribution in [0, 0.1) is 0 Å². The molecule has 0 aromatic heterocycles. The number of nitrogens with one attached hydrogen (secondary N) is 1. The number of thiocarbonyl (C=S) groups is 1. The molecule has 1 aliphatic rings. The summed E-state index contributed by atoms with van der Waals surface area (Å²) in [5.74, 6) is -0.256. The maximum Gasteiger partial charge on any atom is 0.266 e. The van der Waals surface area contributed by atoms with Gasteiger partial charge in [0.25, 0.3) is 5.91 Å². The van der Waals surface area contributed by atoms with E-state index in [1.54, 1.807) is 0 Å². The average molecular weight is 461 g/mol. The summed E-state index contributed by atoms with van der Waals surface area (Å²) in [4.78, 5) is 26.7. The fourth-order valence-corrected chi connectivity index (χ4v) is 4.07. The van der Waals surface area contributed by atoms with Gasteiger partial charge in [-0.15, -0.1) is 0 Å². The molecule has 0 saturated carbocycles. The van der Waals surface area contributed by atoms with Gasteiger partial charge in [-0.1, -0.05) is 82.4 Å². The van der Waals surface area contributed by atoms with Gasteiger partial charge >= 0.3 is 0 Å². The maximum absolute atomic E-state index is 12.6. The highest BCUT2D eigenvalue weighted by Crippen LogP contribution is 2.32. The molecule has 2 aromatic rings. The minimum atomic E-state index is -0.149. The largest absolute Gasteiger partial charge is 0.352 e. The molecule has 1 aliphatic heterocycles. The Balaban J connectivity index is 1.54. The molecule has 138 valence electrons. The predicted molar refractivity (Wildman–Crippen MR) is 117 cm³/mol. The highest BCUT2D eigenvalue weighted by Gasteiger charge is 2.32. The second kappa shape index (κ2) is 9.30. The minimum Gasteiger partial charge on any atom is -0.352 e. The zero-order valence-electron chi connectivity index (χ0n) is 14.4. The number of carbonyl (C=O) groups excluding carboxylic acids is 2. The molecule has 0 spiro atoms. The van der Waals surface area contributed by atoms with Crippen LogP contribution in [0.4, 0.5) is 0 Å². The van der Waals surface area contributed by atoms with E-state index in [0.717, 1.165) is 15.6 Å². The molecular formula is C20H17BrN2O2S2. The first-order valence-electron chi connectivity index (χ1n) is 8.34. The number of halogens is 1. The summed E-state index contributed by atoms with van der Waals surface area (Å²) < 4.78 is 1.47. The van der Waals surface area contributed by atoms with Crippen LogP contribution in [-0.2, 0) is 16.1 Å². The molecule has 2 aromatic carbocycles. The number of carbonyl (C=O) groups is 2. The molecule has 3 rings (SSSR count). The highest BCUT2D eigenvalue weighted by atomic mass is 79.9. The van der Waals surface area contributed by atoms with Crippen molar-refractivity contribution in [3.05, 3.63) is 75.1 Å². The van der Waals surface area contributed by atoms with Gasteiger partial charge in [0.15, 0.2) is 0 Å². The standard InChI is InChI=1S/C20H17BrN2O2S2/c21-16-8-6-14(7-9-16)12-17-19(25)23(20(26)27-17)11-10-18(24)22-13-15-4-2-1-3-5-15/h1-9,12H,10-11,13H2,(H,22,24)/b17-12-. The van der Waals surface area contributed by atoms with E-state index in [1.807, 2.05) is 60.7 Å². The molecule has 1 fully saturated rings. The zero-order valence-corrected chi connectivity index (χ0v) is 17.6. The van der Waals surface area contributed by atoms with Gasteiger partial charge in [-0.05, 0) is 29.3 Å². The van der Waals surface area contributed by atoms with E-state index in [9.17, 15) is 9.59 Å². The van der Waals surface area contributed by atoms with Crippen molar-refractivity contribution in [1.82, 2.24) is 10.2 Å². The highest BCUT2D eigenvalue weighted by molar-refractivity contribution is 9.10. The van der Waals surface area contributed by atoms with Crippen molar-refractivity contribution in [2.24, 2.45) is 0 Å². The van der Waals surface area contributed by atoms with Gasteiger partial charge < -0.3 is 5.32 Å². The number of benzene rings is 2. The molecule has 0 aliphatic carbocycles. The number of thioether (sulfide) groups is 1. The van der Waals surface area contributed by atoms with Gasteiger partial charge in [0.05, 0.1) is 4.91 Å². The number of amides is 2. The van der Waals surface area contributed by atoms with Crippen LogP contribution in [0.25, 0.3) is 6.08 Å². The molecule has 0 atom stereocenters. The van der Waals surface area contributed by atoms with Gasteiger partial charge in [-0.3, -0.25) is 14.5 Å². The summed E-state index contributed by atoms with van der Waals surface area (Å²) in [6.07, 6.45) is 2.03. The Bertz CT molecular complexity index is 883. The van der Waals surface area contributed by atoms with Gasteiger partial charge in [0.1, 0.15) is 4.32 Å². The molecular weight excluding hydrogens is 444 g/mol. The van der Waals surface area contributed by atoms with E-state index in [2.05, 4.69) is 21.2 Å². The van der Waals surface area contributed by atoms with Gasteiger partial charge in [0.2, 0.25) is 5.91 Å². The number of rotatable bonds is 6. The third-order valence-corrected chi connectivity index (χ3v) is 5.84. The summed E-state index contributed by atoms with van der Waals surface area (Å²) >= 11 is 9.97. The van der Waals surface area contributed by atoms with Crippen molar-refractivity contribution in [2.75, 3.05) is 6.54 Å². The van der Waals surface area contributed by atoms with Crippen LogP contribution in [0.15, 0.2) is 64.0 Å². The molecule has 1 saturated heterocycles. The smallest absolute Gasteiger partial charge is 0.266 e. The second-order valence-corrected chi connectivity index (χ2v) is 8.49. The monoisotopic (exact) mass is 460 g/mol. The topological polar surface area (TPSA) is 49.4 Å². The number of nitrogens with zero attached hydrogens (tertiary/aromatic N) is 1. The molecule has 0 unspecified atom stereocenters. The lowest BCUT2D eigenvalue weighted by atomic mass is 10.2. The van der Waals surface area contributed by atoms with Crippen LogP contribution in [0.5, 0.6) is 0 Å². The summed E-state index contributed by atoms with van der Waals surface area (Å²) in [7, 11) is 0. The van der Waals surface area contributed by atoms with Crippen LogP contribution >= 0.6 is 39.9 Å². The SMILES string of the molecule is O=C(CCN1C(=O)/C(=C/c2ccc(Br)cc2)SC1=S)NCc1ccccc1. The van der Waals surface area contributed by atoms with E-state index >= 15 is 0 Å². The number of hydrogen-bond donors (Lipinski definition) is 1. The summed E-state index contributed by atoms with van der Waals surface area (Å²) in [6, 6.07) is 17.4. The molecule has 0 bridgehead atoms. The Morgan fingerprint density at radius 2 is 1.85 bits per heavy atom. The Hall–Kier alpha value is -1.96. The van der Waals surface area contributed by atoms with Crippen LogP contribution in [-0.4, -0.2) is 27.6 Å². The fraction of sp³-hybridized carbons (Fsp3) is 0.150. The number of hydrogen-bond acceptors (Lipinski definition) is 4. The van der Waals surface area contributed by atoms with Gasteiger partial charge in [-0.2, -0.15) is 0 Å². The lowest BCUT2D eigenvalue weighted by Crippen LogP contribution is -2.33. The van der Waals surface area contributed by atoms with Crippen LogP contribution in [0.2, 0.25) is 0 Å². The zero-order chi connectivity index (χ0) is 19.2. The average Bonchev–Trinajstić information content (AvgIpc) is 2.94. The molecule has 1 heterocycles. The first-order valence-corrected chi connectivity index (χ1v) is 10.4. The molecule has 2 amide bonds. The minimum absolute atomic E-state index is 0.107. The Kier molecular flexibility index (Phi) is 6.82. The Labute approximate surface area is 176 Å². The summed E-state index contributed by atoms with van der Waals surface area (Å²) in [6.45, 7) is 0.754. The first-order chi connectivity index (χ1) is 13.0. The Morgan fingerprint density at radius 3 is 2.56 bits per heavy atom. The third kappa shape index (κ3) is 5.51. The van der Waals surface area contributed by atoms with Gasteiger partial charge in [0, 0.05) is 24.0 Å². The van der Waals surface area contributed by atoms with Crippen LogP contribution < -0.4 is 5.32 Å². The lowest BCUT2D eigenvalue weighted by molar-refractivity contribution is -0.123. The van der Waals surface area contributed by atoms with E-state index in [1.165, 1.54) is 16.7 Å². The molecule has 27 heavy (non-hydrogen) atoms. The normalized spacial score (nSPS) is 15.4. The van der Waals surface area contributed by atoms with E-state index < -0.39 is 0 Å². The van der Waals surface area contributed by atoms with Crippen molar-refractivity contribution in [3.8, 4) is 0 Å². The van der Waals surface area contributed by atoms with Crippen molar-refractivity contribution >= 4 is 62.1 Å². The van der Waals surface area contributed by atoms with Crippen LogP contribution in [0.3, 0.4) is 0 Å². The third-order valence-electron chi connectivity index (χ3n) is 3.94. The summed E-state index contributed by atoms with van der Waals surface area (Å²) in [5.41, 5.74) is 1.97. The van der Waals surface area contributed by atoms with Crippen molar-refractivity contribution in [1.29, 1.82) is 0 Å². The second-order valence-electron chi connectivity index (χ2n) is 5.90. The van der Waals surface area contributed by atoms with E-state index in [-0.39, 0.29) is 24.8 Å². The molecule has 1 N–H and O–H groups in total. The summed E-state index contributed by atoms with van der Waals surface area (Å²) in [5, 5.41) is 2.86. The lowest BCUT2D eigenvalue weighted by Gasteiger charge is -2.14. The maximum atomic E-state index is 12.6. The fourth-order valence-electron chi connectivity index (χ4n) is 2.50. The predicted octanol–water partition coefficient (Wildman–Crippen LogP) is 4.36. The van der Waals surface area contributed by atoms with E-state index in [0.29, 0.717) is 15.8 Å².